The molecule has 0 aromatic carbocycles. The molecule has 0 rings (SSSR count). The summed E-state index contributed by atoms with van der Waals surface area (Å²) in [5.41, 5.74) is -0.209. The van der Waals surface area contributed by atoms with Crippen LogP contribution in [0.25, 0.3) is 0 Å². The van der Waals surface area contributed by atoms with E-state index in [1.807, 2.05) is 20.8 Å². The standard InChI is InChI=1S/C5H10ClNO.2HI.V/c1-5(2,3)7-4(6)8;;;/h1-3H3,(H,7,8);2*1H;/q;;;+2/p-2. The number of hydrogen-bond acceptors (Lipinski definition) is 1. The Labute approximate surface area is 101 Å². The summed E-state index contributed by atoms with van der Waals surface area (Å²) in [4.78, 5) is 10.1. The van der Waals surface area contributed by atoms with Crippen molar-refractivity contribution in [2.24, 2.45) is 0 Å². The van der Waals surface area contributed by atoms with Crippen molar-refractivity contribution in [3.63, 3.8) is 0 Å². The molecule has 0 aliphatic carbocycles. The van der Waals surface area contributed by atoms with Gasteiger partial charge in [0.25, 0.3) is 0 Å². The zero-order valence-electron chi connectivity index (χ0n) is 6.49. The molecule has 0 aromatic rings. The molecule has 0 aliphatic rings. The average molecular weight is 440 g/mol. The van der Waals surface area contributed by atoms with Gasteiger partial charge in [0.1, 0.15) is 0 Å². The molecule has 0 heterocycles. The minimum absolute atomic E-state index is 0.209. The van der Waals surface area contributed by atoms with Crippen LogP contribution in [0.2, 0.25) is 0 Å². The number of amides is 1. The van der Waals surface area contributed by atoms with Gasteiger partial charge in [0.15, 0.2) is 0 Å². The van der Waals surface area contributed by atoms with E-state index in [-0.39, 0.29) is 5.54 Å². The Balaban J connectivity index is 0. The van der Waals surface area contributed by atoms with Gasteiger partial charge in [-0.05, 0) is 32.4 Å². The van der Waals surface area contributed by atoms with Gasteiger partial charge in [0, 0.05) is 5.54 Å². The second kappa shape index (κ2) is 8.40. The molecule has 67 valence electrons. The average Bonchev–Trinajstić information content (AvgIpc) is 1.57. The second-order valence-corrected chi connectivity index (χ2v) is 14.8. The molecular formula is C5H10ClI2NOV. The summed E-state index contributed by atoms with van der Waals surface area (Å²) in [5, 5.41) is 2.01. The number of rotatable bonds is 0. The van der Waals surface area contributed by atoms with Crippen LogP contribution in [0.1, 0.15) is 20.8 Å². The third-order valence-electron chi connectivity index (χ3n) is 0.473. The van der Waals surface area contributed by atoms with Crippen LogP contribution in [-0.4, -0.2) is 10.9 Å². The normalized spacial score (nSPS) is 9.27. The topological polar surface area (TPSA) is 29.1 Å². The molecule has 0 aromatic heterocycles. The number of carbonyl (C=O) groups excluding carboxylic acids is 1. The maximum absolute atomic E-state index is 10.1. The molecule has 11 heavy (non-hydrogen) atoms. The van der Waals surface area contributed by atoms with Gasteiger partial charge in [-0.3, -0.25) is 4.79 Å². The molecule has 0 unspecified atom stereocenters. The Morgan fingerprint density at radius 1 is 1.45 bits per heavy atom. The summed E-state index contributed by atoms with van der Waals surface area (Å²) in [6, 6.07) is 0. The van der Waals surface area contributed by atoms with Crippen molar-refractivity contribution in [3.05, 3.63) is 0 Å². The fraction of sp³-hybridized carbons (Fsp3) is 0.800. The number of hydrogen-bond donors (Lipinski definition) is 1. The molecule has 0 radical (unpaired) electrons. The monoisotopic (exact) mass is 440 g/mol. The first-order chi connectivity index (χ1) is 4.83. The van der Waals surface area contributed by atoms with Crippen molar-refractivity contribution in [3.8, 4) is 0 Å². The van der Waals surface area contributed by atoms with E-state index >= 15 is 0 Å². The van der Waals surface area contributed by atoms with Crippen LogP contribution in [0.4, 0.5) is 4.79 Å². The summed E-state index contributed by atoms with van der Waals surface area (Å²) in [6.07, 6.45) is 0. The minimum atomic E-state index is -0.502. The first kappa shape index (κ1) is 15.3. The van der Waals surface area contributed by atoms with Crippen molar-refractivity contribution >= 4 is 56.9 Å². The first-order valence-corrected chi connectivity index (χ1v) is 12.1. The Bertz CT molecular complexity index is 118. The van der Waals surface area contributed by atoms with Crippen molar-refractivity contribution in [2.75, 3.05) is 0 Å². The van der Waals surface area contributed by atoms with E-state index < -0.39 is 5.37 Å². The summed E-state index contributed by atoms with van der Waals surface area (Å²) < 4.78 is 0. The molecule has 1 N–H and O–H groups in total. The Hall–Kier alpha value is 1.80. The van der Waals surface area contributed by atoms with Gasteiger partial charge >= 0.3 is 54.8 Å². The van der Waals surface area contributed by atoms with Crippen molar-refractivity contribution in [2.45, 2.75) is 26.3 Å². The molecule has 0 saturated carbocycles. The van der Waals surface area contributed by atoms with Gasteiger partial charge < -0.3 is 5.32 Å². The Morgan fingerprint density at radius 2 is 1.73 bits per heavy atom. The molecule has 0 spiro atoms. The SMILES string of the molecule is CC(C)(C)NC(=O)Cl.[I][V][I]. The Kier molecular flexibility index (Phi) is 11.7. The summed E-state index contributed by atoms with van der Waals surface area (Å²) in [7, 11) is 0.628. The molecule has 0 aliphatic heterocycles. The van der Waals surface area contributed by atoms with Gasteiger partial charge in [-0.2, -0.15) is 0 Å². The van der Waals surface area contributed by atoms with Gasteiger partial charge in [0.05, 0.1) is 0 Å². The maximum atomic E-state index is 10.1. The van der Waals surface area contributed by atoms with Gasteiger partial charge in [-0.1, -0.05) is 0 Å². The number of nitrogens with one attached hydrogen (secondary N) is 1. The molecular weight excluding hydrogens is 430 g/mol. The van der Waals surface area contributed by atoms with Crippen LogP contribution < -0.4 is 5.32 Å². The molecule has 0 bridgehead atoms. The zero-order chi connectivity index (χ0) is 9.49. The van der Waals surface area contributed by atoms with E-state index in [9.17, 15) is 4.79 Å². The van der Waals surface area contributed by atoms with Crippen LogP contribution in [0, 0.1) is 0 Å². The summed E-state index contributed by atoms with van der Waals surface area (Å²) in [6.45, 7) is 5.60. The van der Waals surface area contributed by atoms with Crippen molar-refractivity contribution in [1.29, 1.82) is 0 Å². The predicted octanol–water partition coefficient (Wildman–Crippen LogP) is 3.50. The third kappa shape index (κ3) is 24.5. The molecule has 1 amide bonds. The molecule has 0 atom stereocenters. The predicted molar refractivity (Wildman–Crippen MR) is 62.2 cm³/mol. The molecule has 6 heteroatoms. The Morgan fingerprint density at radius 3 is 1.73 bits per heavy atom. The van der Waals surface area contributed by atoms with Gasteiger partial charge in [0.2, 0.25) is 0 Å². The summed E-state index contributed by atoms with van der Waals surface area (Å²) >= 11 is 9.75. The van der Waals surface area contributed by atoms with E-state index in [0.29, 0.717) is 9.47 Å². The van der Waals surface area contributed by atoms with Crippen molar-refractivity contribution in [1.82, 2.24) is 5.32 Å². The van der Waals surface area contributed by atoms with E-state index in [4.69, 9.17) is 11.6 Å². The number of carbonyl (C=O) groups is 1. The van der Waals surface area contributed by atoms with E-state index in [1.165, 1.54) is 0 Å². The number of halogens is 3. The van der Waals surface area contributed by atoms with E-state index in [1.54, 1.807) is 0 Å². The zero-order valence-corrected chi connectivity index (χ0v) is 13.0. The van der Waals surface area contributed by atoms with Crippen molar-refractivity contribution < 1.29 is 14.3 Å². The van der Waals surface area contributed by atoms with Gasteiger partial charge in [-0.25, -0.2) is 0 Å². The molecule has 2 nitrogen and oxygen atoms in total. The summed E-state index contributed by atoms with van der Waals surface area (Å²) in [5.74, 6) is 0. The fourth-order valence-corrected chi connectivity index (χ4v) is 0.578. The van der Waals surface area contributed by atoms with Crippen LogP contribution in [0.3, 0.4) is 0 Å². The quantitative estimate of drug-likeness (QED) is 0.349. The fourth-order valence-electron chi connectivity index (χ4n) is 0.295. The first-order valence-electron chi connectivity index (χ1n) is 2.73. The van der Waals surface area contributed by atoms with Gasteiger partial charge in [-0.15, -0.1) is 0 Å². The van der Waals surface area contributed by atoms with Crippen LogP contribution in [0.5, 0.6) is 0 Å². The van der Waals surface area contributed by atoms with E-state index in [0.717, 1.165) is 0 Å². The third-order valence-corrected chi connectivity index (χ3v) is 0.568. The van der Waals surface area contributed by atoms with Crippen LogP contribution in [-0.2, 0) is 9.47 Å². The molecule has 0 saturated heterocycles. The molecule has 0 fully saturated rings. The second-order valence-electron chi connectivity index (χ2n) is 2.71. The van der Waals surface area contributed by atoms with Crippen LogP contribution in [0.15, 0.2) is 0 Å². The van der Waals surface area contributed by atoms with Crippen LogP contribution >= 0.6 is 51.6 Å². The van der Waals surface area contributed by atoms with E-state index in [2.05, 4.69) is 45.3 Å².